The number of rotatable bonds is 6. The predicted octanol–water partition coefficient (Wildman–Crippen LogP) is 2.34. The quantitative estimate of drug-likeness (QED) is 0.272. The van der Waals surface area contributed by atoms with E-state index in [2.05, 4.69) is 11.0 Å². The topological polar surface area (TPSA) is 161 Å². The van der Waals surface area contributed by atoms with Crippen LogP contribution in [0.15, 0.2) is 60.7 Å². The molecule has 1 saturated heterocycles. The minimum absolute atomic E-state index is 0.0505. The molecule has 1 fully saturated rings. The number of amides is 1. The van der Waals surface area contributed by atoms with Crippen LogP contribution < -0.4 is 11.5 Å². The lowest BCUT2D eigenvalue weighted by atomic mass is 10.0. The minimum Gasteiger partial charge on any atom is -0.481 e. The average Bonchev–Trinajstić information content (AvgIpc) is 2.80. The van der Waals surface area contributed by atoms with Crippen molar-refractivity contribution in [3.8, 4) is 0 Å². The molecular weight excluding hydrogens is 444 g/mol. The molecule has 0 saturated carbocycles. The van der Waals surface area contributed by atoms with Crippen LogP contribution >= 0.6 is 0 Å². The number of carbonyl (C=O) groups is 2. The molecule has 3 aromatic rings. The van der Waals surface area contributed by atoms with E-state index in [0.717, 1.165) is 35.4 Å². The molecule has 35 heavy (non-hydrogen) atoms. The van der Waals surface area contributed by atoms with Gasteiger partial charge in [-0.25, -0.2) is 0 Å². The lowest BCUT2D eigenvalue weighted by Gasteiger charge is -2.34. The van der Waals surface area contributed by atoms with Crippen molar-refractivity contribution in [1.82, 2.24) is 9.80 Å². The third-order valence-electron chi connectivity index (χ3n) is 5.66. The van der Waals surface area contributed by atoms with Gasteiger partial charge in [-0.15, -0.1) is 0 Å². The summed E-state index contributed by atoms with van der Waals surface area (Å²) in [5.74, 6) is -0.611. The van der Waals surface area contributed by atoms with Gasteiger partial charge >= 0.3 is 0 Å². The van der Waals surface area contributed by atoms with E-state index in [0.29, 0.717) is 37.3 Å². The normalized spacial score (nSPS) is 13.7. The van der Waals surface area contributed by atoms with Gasteiger partial charge in [0.25, 0.3) is 5.97 Å². The third kappa shape index (κ3) is 7.12. The first-order chi connectivity index (χ1) is 16.6. The number of hydrogen-bond donors (Lipinski definition) is 5. The van der Waals surface area contributed by atoms with E-state index in [1.807, 2.05) is 59.5 Å². The molecule has 9 nitrogen and oxygen atoms in total. The van der Waals surface area contributed by atoms with Gasteiger partial charge < -0.3 is 21.5 Å². The second-order valence-corrected chi connectivity index (χ2v) is 8.47. The highest BCUT2D eigenvalue weighted by Gasteiger charge is 2.24. The van der Waals surface area contributed by atoms with E-state index in [-0.39, 0.29) is 17.6 Å². The fourth-order valence-electron chi connectivity index (χ4n) is 3.89. The summed E-state index contributed by atoms with van der Waals surface area (Å²) >= 11 is 0. The molecule has 4 rings (SSSR count). The van der Waals surface area contributed by atoms with Crippen molar-refractivity contribution >= 4 is 34.3 Å². The summed E-state index contributed by atoms with van der Waals surface area (Å²) in [6.07, 6.45) is 0. The van der Waals surface area contributed by atoms with Crippen LogP contribution in [-0.2, 0) is 22.7 Å². The maximum atomic E-state index is 12.7. The molecule has 1 aliphatic rings. The Morgan fingerprint density at radius 1 is 0.857 bits per heavy atom. The summed E-state index contributed by atoms with van der Waals surface area (Å²) in [5.41, 5.74) is 14.7. The molecule has 3 aromatic carbocycles. The second kappa shape index (κ2) is 11.3. The van der Waals surface area contributed by atoms with Crippen LogP contribution in [0.1, 0.15) is 29.2 Å². The lowest BCUT2D eigenvalue weighted by Crippen LogP contribution is -2.49. The number of benzene rings is 3. The van der Waals surface area contributed by atoms with Gasteiger partial charge in [-0.1, -0.05) is 48.5 Å². The summed E-state index contributed by atoms with van der Waals surface area (Å²) in [4.78, 5) is 25.8. The number of nitrogens with one attached hydrogen (secondary N) is 2. The van der Waals surface area contributed by atoms with Gasteiger partial charge in [0.1, 0.15) is 11.7 Å². The van der Waals surface area contributed by atoms with Crippen LogP contribution in [0.2, 0.25) is 0 Å². The maximum Gasteiger partial charge on any atom is 0.300 e. The van der Waals surface area contributed by atoms with Crippen molar-refractivity contribution in [3.05, 3.63) is 82.9 Å². The number of hydrogen-bond acceptors (Lipinski definition) is 5. The molecule has 7 N–H and O–H groups in total. The Kier molecular flexibility index (Phi) is 8.17. The minimum atomic E-state index is -0.833. The Morgan fingerprint density at radius 2 is 1.43 bits per heavy atom. The number of nitrogen functional groups attached to an aromatic ring is 2. The summed E-state index contributed by atoms with van der Waals surface area (Å²) in [6, 6.07) is 19.5. The lowest BCUT2D eigenvalue weighted by molar-refractivity contribution is -0.137. The SMILES string of the molecule is CC(=O)O.N=C(N)c1ccc(CN2CCN(Cc3ccc4ccc(C(=N)N)cc4c3)C(=O)C2)cc1. The molecule has 0 atom stereocenters. The monoisotopic (exact) mass is 474 g/mol. The maximum absolute atomic E-state index is 12.7. The Labute approximate surface area is 204 Å². The first-order valence-electron chi connectivity index (χ1n) is 11.1. The van der Waals surface area contributed by atoms with E-state index < -0.39 is 5.97 Å². The molecule has 1 aliphatic heterocycles. The fourth-order valence-corrected chi connectivity index (χ4v) is 3.89. The molecular formula is C26H30N6O3. The highest BCUT2D eigenvalue weighted by Crippen LogP contribution is 2.20. The number of nitrogens with two attached hydrogens (primary N) is 2. The zero-order valence-electron chi connectivity index (χ0n) is 19.6. The number of carboxylic acids is 1. The zero-order valence-corrected chi connectivity index (χ0v) is 19.6. The number of aliphatic carboxylic acids is 1. The molecule has 0 bridgehead atoms. The van der Waals surface area contributed by atoms with Crippen LogP contribution in [0, 0.1) is 10.8 Å². The predicted molar refractivity (Wildman–Crippen MR) is 136 cm³/mol. The van der Waals surface area contributed by atoms with E-state index in [1.165, 1.54) is 0 Å². The largest absolute Gasteiger partial charge is 0.481 e. The second-order valence-electron chi connectivity index (χ2n) is 8.47. The summed E-state index contributed by atoms with van der Waals surface area (Å²) in [5, 5.41) is 24.6. The van der Waals surface area contributed by atoms with E-state index in [9.17, 15) is 4.79 Å². The van der Waals surface area contributed by atoms with Gasteiger partial charge in [0.05, 0.1) is 6.54 Å². The van der Waals surface area contributed by atoms with Crippen LogP contribution in [0.5, 0.6) is 0 Å². The van der Waals surface area contributed by atoms with Crippen LogP contribution in [0.3, 0.4) is 0 Å². The number of amidine groups is 2. The highest BCUT2D eigenvalue weighted by molar-refractivity contribution is 5.99. The van der Waals surface area contributed by atoms with E-state index >= 15 is 0 Å². The Balaban J connectivity index is 0.000000795. The van der Waals surface area contributed by atoms with Crippen LogP contribution in [0.25, 0.3) is 10.8 Å². The van der Waals surface area contributed by atoms with Crippen molar-refractivity contribution < 1.29 is 14.7 Å². The Hall–Kier alpha value is -4.24. The van der Waals surface area contributed by atoms with Gasteiger partial charge in [0, 0.05) is 44.2 Å². The Bertz CT molecular complexity index is 1250. The van der Waals surface area contributed by atoms with Gasteiger partial charge in [-0.2, -0.15) is 0 Å². The third-order valence-corrected chi connectivity index (χ3v) is 5.66. The number of piperazine rings is 1. The summed E-state index contributed by atoms with van der Waals surface area (Å²) < 4.78 is 0. The molecule has 1 amide bonds. The van der Waals surface area contributed by atoms with Crippen molar-refractivity contribution in [1.29, 1.82) is 10.8 Å². The Morgan fingerprint density at radius 3 is 2.03 bits per heavy atom. The number of carbonyl (C=O) groups excluding carboxylic acids is 1. The molecule has 0 aliphatic carbocycles. The van der Waals surface area contributed by atoms with Gasteiger partial charge in [-0.05, 0) is 34.0 Å². The highest BCUT2D eigenvalue weighted by atomic mass is 16.4. The molecule has 0 spiro atoms. The smallest absolute Gasteiger partial charge is 0.300 e. The standard InChI is InChI=1S/C24H26N6O.C2H4O2/c25-23(26)19-5-1-16(2-6-19)13-29-9-10-30(22(31)15-29)14-17-3-4-18-7-8-20(24(27)28)12-21(18)11-17;1-2(3)4/h1-8,11-12H,9-10,13-15H2,(H3,25,26)(H3,27,28);1H3,(H,3,4). The van der Waals surface area contributed by atoms with Gasteiger partial charge in [0.15, 0.2) is 0 Å². The number of carboxylic acid groups (broad SMARTS) is 1. The number of nitrogens with zero attached hydrogens (tertiary/aromatic N) is 2. The van der Waals surface area contributed by atoms with Crippen molar-refractivity contribution in [3.63, 3.8) is 0 Å². The summed E-state index contributed by atoms with van der Waals surface area (Å²) in [6.45, 7) is 4.22. The van der Waals surface area contributed by atoms with E-state index in [4.69, 9.17) is 32.2 Å². The van der Waals surface area contributed by atoms with Crippen LogP contribution in [0.4, 0.5) is 0 Å². The van der Waals surface area contributed by atoms with Gasteiger partial charge in [-0.3, -0.25) is 25.3 Å². The first-order valence-corrected chi connectivity index (χ1v) is 11.1. The van der Waals surface area contributed by atoms with Crippen molar-refractivity contribution in [2.75, 3.05) is 19.6 Å². The van der Waals surface area contributed by atoms with Crippen molar-refractivity contribution in [2.45, 2.75) is 20.0 Å². The van der Waals surface area contributed by atoms with Crippen molar-refractivity contribution in [2.24, 2.45) is 11.5 Å². The molecule has 0 radical (unpaired) electrons. The molecule has 1 heterocycles. The first kappa shape index (κ1) is 25.4. The average molecular weight is 475 g/mol. The van der Waals surface area contributed by atoms with Gasteiger partial charge in [0.2, 0.25) is 5.91 Å². The van der Waals surface area contributed by atoms with Crippen LogP contribution in [-0.4, -0.2) is 58.1 Å². The zero-order chi connectivity index (χ0) is 25.5. The number of fused-ring (bicyclic) bond motifs is 1. The molecule has 0 unspecified atom stereocenters. The fraction of sp³-hybridized carbons (Fsp3) is 0.231. The van der Waals surface area contributed by atoms with E-state index in [1.54, 1.807) is 0 Å². The molecule has 182 valence electrons. The molecule has 0 aromatic heterocycles. The molecule has 9 heteroatoms. The summed E-state index contributed by atoms with van der Waals surface area (Å²) in [7, 11) is 0.